The number of carbonyl (C=O) groups is 1. The lowest BCUT2D eigenvalue weighted by atomic mass is 10.2. The van der Waals surface area contributed by atoms with Crippen molar-refractivity contribution in [3.63, 3.8) is 0 Å². The molecule has 0 saturated carbocycles. The molecule has 0 spiro atoms. The van der Waals surface area contributed by atoms with E-state index in [0.717, 1.165) is 36.6 Å². The van der Waals surface area contributed by atoms with Crippen molar-refractivity contribution in [1.29, 1.82) is 0 Å². The van der Waals surface area contributed by atoms with E-state index in [4.69, 9.17) is 0 Å². The first-order valence-corrected chi connectivity index (χ1v) is 11.1. The van der Waals surface area contributed by atoms with Gasteiger partial charge in [0.25, 0.3) is 0 Å². The molecule has 3 aromatic rings. The van der Waals surface area contributed by atoms with E-state index < -0.39 is 17.5 Å². The first-order valence-electron chi connectivity index (χ1n) is 10.1. The van der Waals surface area contributed by atoms with Crippen molar-refractivity contribution in [2.24, 2.45) is 0 Å². The fourth-order valence-electron chi connectivity index (χ4n) is 3.52. The van der Waals surface area contributed by atoms with Crippen LogP contribution in [0.25, 0.3) is 0 Å². The molecule has 0 atom stereocenters. The van der Waals surface area contributed by atoms with Crippen LogP contribution in [0, 0.1) is 11.6 Å². The maximum Gasteiger partial charge on any atom is 0.234 e. The fourth-order valence-corrected chi connectivity index (χ4v) is 4.27. The zero-order chi connectivity index (χ0) is 21.6. The molecule has 1 saturated heterocycles. The van der Waals surface area contributed by atoms with Crippen molar-refractivity contribution in [1.82, 2.24) is 19.7 Å². The van der Waals surface area contributed by atoms with E-state index in [1.54, 1.807) is 0 Å². The van der Waals surface area contributed by atoms with Crippen LogP contribution < -0.4 is 5.32 Å². The largest absolute Gasteiger partial charge is 0.323 e. The number of halogens is 2. The molecule has 1 aromatic heterocycles. The minimum Gasteiger partial charge on any atom is -0.323 e. The molecular formula is C22H23F2N5OS. The van der Waals surface area contributed by atoms with Crippen LogP contribution in [0.4, 0.5) is 14.5 Å². The van der Waals surface area contributed by atoms with Gasteiger partial charge in [0.2, 0.25) is 5.91 Å². The Bertz CT molecular complexity index is 1040. The number of aromatic nitrogens is 3. The first kappa shape index (κ1) is 21.5. The second-order valence-corrected chi connectivity index (χ2v) is 8.36. The molecule has 6 nitrogen and oxygen atoms in total. The fraction of sp³-hybridized carbons (Fsp3) is 0.318. The maximum atomic E-state index is 13.8. The summed E-state index contributed by atoms with van der Waals surface area (Å²) in [7, 11) is 0. The molecule has 0 radical (unpaired) electrons. The van der Waals surface area contributed by atoms with Gasteiger partial charge in [0.15, 0.2) is 5.16 Å². The number of rotatable bonds is 8. The molecule has 1 N–H and O–H groups in total. The minimum atomic E-state index is -0.807. The molecule has 2 aromatic carbocycles. The van der Waals surface area contributed by atoms with Crippen LogP contribution in [0.2, 0.25) is 0 Å². The number of benzene rings is 2. The molecule has 1 fully saturated rings. The molecule has 4 rings (SSSR count). The van der Waals surface area contributed by atoms with Crippen LogP contribution in [0.5, 0.6) is 0 Å². The highest BCUT2D eigenvalue weighted by molar-refractivity contribution is 7.99. The highest BCUT2D eigenvalue weighted by Crippen LogP contribution is 2.22. The smallest absolute Gasteiger partial charge is 0.234 e. The van der Waals surface area contributed by atoms with E-state index in [1.165, 1.54) is 30.7 Å². The lowest BCUT2D eigenvalue weighted by Gasteiger charge is -2.16. The van der Waals surface area contributed by atoms with Gasteiger partial charge in [-0.05, 0) is 43.6 Å². The van der Waals surface area contributed by atoms with Crippen LogP contribution >= 0.6 is 11.8 Å². The van der Waals surface area contributed by atoms with Gasteiger partial charge in [0.05, 0.1) is 24.5 Å². The zero-order valence-corrected chi connectivity index (χ0v) is 17.7. The lowest BCUT2D eigenvalue weighted by molar-refractivity contribution is -0.113. The molecule has 1 amide bonds. The number of amides is 1. The Balaban J connectivity index is 1.46. The normalized spacial score (nSPS) is 14.1. The Morgan fingerprint density at radius 2 is 1.81 bits per heavy atom. The van der Waals surface area contributed by atoms with Gasteiger partial charge < -0.3 is 9.88 Å². The van der Waals surface area contributed by atoms with E-state index >= 15 is 0 Å². The Kier molecular flexibility index (Phi) is 6.93. The summed E-state index contributed by atoms with van der Waals surface area (Å²) in [6.07, 6.45) is 2.38. The number of nitrogens with zero attached hydrogens (tertiary/aromatic N) is 4. The Labute approximate surface area is 183 Å². The highest BCUT2D eigenvalue weighted by atomic mass is 32.2. The highest BCUT2D eigenvalue weighted by Gasteiger charge is 2.19. The summed E-state index contributed by atoms with van der Waals surface area (Å²) in [5.74, 6) is -1.000. The molecule has 162 valence electrons. The van der Waals surface area contributed by atoms with Gasteiger partial charge in [-0.1, -0.05) is 42.1 Å². The topological polar surface area (TPSA) is 63.1 Å². The van der Waals surface area contributed by atoms with Crippen LogP contribution in [0.3, 0.4) is 0 Å². The van der Waals surface area contributed by atoms with Gasteiger partial charge in [-0.25, -0.2) is 8.78 Å². The van der Waals surface area contributed by atoms with Gasteiger partial charge in [-0.15, -0.1) is 10.2 Å². The third-order valence-electron chi connectivity index (χ3n) is 5.08. The molecule has 1 aliphatic rings. The second-order valence-electron chi connectivity index (χ2n) is 7.41. The molecule has 0 bridgehead atoms. The summed E-state index contributed by atoms with van der Waals surface area (Å²) in [5, 5.41) is 11.8. The van der Waals surface area contributed by atoms with Gasteiger partial charge in [0.1, 0.15) is 17.5 Å². The van der Waals surface area contributed by atoms with Crippen molar-refractivity contribution in [3.8, 4) is 0 Å². The first-order chi connectivity index (χ1) is 15.1. The predicted molar refractivity (Wildman–Crippen MR) is 116 cm³/mol. The van der Waals surface area contributed by atoms with E-state index in [1.807, 2.05) is 34.9 Å². The van der Waals surface area contributed by atoms with E-state index in [2.05, 4.69) is 20.4 Å². The summed E-state index contributed by atoms with van der Waals surface area (Å²) < 4.78 is 28.9. The maximum absolute atomic E-state index is 13.8. The average molecular weight is 444 g/mol. The minimum absolute atomic E-state index is 0.0352. The molecule has 0 aliphatic carbocycles. The zero-order valence-electron chi connectivity index (χ0n) is 16.9. The van der Waals surface area contributed by atoms with Gasteiger partial charge in [-0.3, -0.25) is 9.69 Å². The van der Waals surface area contributed by atoms with Gasteiger partial charge in [-0.2, -0.15) is 0 Å². The standard InChI is InChI=1S/C22H23F2N5OS/c23-17-8-9-19(18(24)12-17)25-21(30)15-31-22-27-26-20(14-28-10-4-5-11-28)29(22)13-16-6-2-1-3-7-16/h1-3,6-9,12H,4-5,10-11,13-15H2,(H,25,30). The van der Waals surface area contributed by atoms with Crippen LogP contribution in [0.1, 0.15) is 24.2 Å². The summed E-state index contributed by atoms with van der Waals surface area (Å²) in [6.45, 7) is 3.42. The number of carbonyl (C=O) groups excluding carboxylic acids is 1. The Morgan fingerprint density at radius 3 is 2.55 bits per heavy atom. The van der Waals surface area contributed by atoms with Gasteiger partial charge in [0, 0.05) is 6.07 Å². The summed E-state index contributed by atoms with van der Waals surface area (Å²) in [4.78, 5) is 14.7. The molecule has 31 heavy (non-hydrogen) atoms. The van der Waals surface area contributed by atoms with Crippen molar-refractivity contribution in [2.45, 2.75) is 31.1 Å². The number of hydrogen-bond acceptors (Lipinski definition) is 5. The van der Waals surface area contributed by atoms with Gasteiger partial charge >= 0.3 is 0 Å². The van der Waals surface area contributed by atoms with Crippen molar-refractivity contribution >= 4 is 23.4 Å². The molecule has 2 heterocycles. The van der Waals surface area contributed by atoms with E-state index in [-0.39, 0.29) is 11.4 Å². The Hall–Kier alpha value is -2.78. The molecule has 9 heteroatoms. The van der Waals surface area contributed by atoms with Crippen molar-refractivity contribution < 1.29 is 13.6 Å². The summed E-state index contributed by atoms with van der Waals surface area (Å²) in [5.41, 5.74) is 1.07. The number of likely N-dealkylation sites (tertiary alicyclic amines) is 1. The molecule has 0 unspecified atom stereocenters. The molecular weight excluding hydrogens is 420 g/mol. The predicted octanol–water partition coefficient (Wildman–Crippen LogP) is 3.93. The number of hydrogen-bond donors (Lipinski definition) is 1. The van der Waals surface area contributed by atoms with E-state index in [0.29, 0.717) is 18.2 Å². The van der Waals surface area contributed by atoms with Crippen molar-refractivity contribution in [2.75, 3.05) is 24.2 Å². The lowest BCUT2D eigenvalue weighted by Crippen LogP contribution is -2.22. The second kappa shape index (κ2) is 10.0. The van der Waals surface area contributed by atoms with Crippen molar-refractivity contribution in [3.05, 3.63) is 71.6 Å². The number of thioether (sulfide) groups is 1. The SMILES string of the molecule is O=C(CSc1nnc(CN2CCCC2)n1Cc1ccccc1)Nc1ccc(F)cc1F. The van der Waals surface area contributed by atoms with Crippen LogP contribution in [0.15, 0.2) is 53.7 Å². The Morgan fingerprint density at radius 1 is 1.03 bits per heavy atom. The third kappa shape index (κ3) is 5.68. The summed E-state index contributed by atoms with van der Waals surface area (Å²) >= 11 is 1.24. The number of anilines is 1. The third-order valence-corrected chi connectivity index (χ3v) is 6.05. The van der Waals surface area contributed by atoms with Crippen LogP contribution in [-0.2, 0) is 17.9 Å². The van der Waals surface area contributed by atoms with Crippen LogP contribution in [-0.4, -0.2) is 44.4 Å². The monoisotopic (exact) mass is 443 g/mol. The molecule has 1 aliphatic heterocycles. The summed E-state index contributed by atoms with van der Waals surface area (Å²) in [6, 6.07) is 13.1. The average Bonchev–Trinajstić information content (AvgIpc) is 3.40. The quantitative estimate of drug-likeness (QED) is 0.535. The number of nitrogens with one attached hydrogen (secondary N) is 1. The van der Waals surface area contributed by atoms with E-state index in [9.17, 15) is 13.6 Å².